The molecule has 31 heavy (non-hydrogen) atoms. The van der Waals surface area contributed by atoms with Crippen molar-refractivity contribution in [1.82, 2.24) is 15.3 Å². The van der Waals surface area contributed by atoms with Gasteiger partial charge in [0.1, 0.15) is 11.8 Å². The second kappa shape index (κ2) is 11.0. The summed E-state index contributed by atoms with van der Waals surface area (Å²) in [4.78, 5) is 7.39. The lowest BCUT2D eigenvalue weighted by Crippen LogP contribution is -2.16. The van der Waals surface area contributed by atoms with Crippen LogP contribution in [0.25, 0.3) is 10.9 Å². The van der Waals surface area contributed by atoms with E-state index in [1.807, 2.05) is 24.3 Å². The van der Waals surface area contributed by atoms with Gasteiger partial charge in [0, 0.05) is 35.4 Å². The molecule has 2 aromatic heterocycles. The van der Waals surface area contributed by atoms with Gasteiger partial charge in [-0.2, -0.15) is 0 Å². The van der Waals surface area contributed by atoms with Crippen LogP contribution < -0.4 is 14.8 Å². The van der Waals surface area contributed by atoms with Crippen LogP contribution in [0.2, 0.25) is 5.15 Å². The molecule has 0 saturated heterocycles. The summed E-state index contributed by atoms with van der Waals surface area (Å²) in [6.45, 7) is 2.06. The van der Waals surface area contributed by atoms with Crippen LogP contribution in [0.5, 0.6) is 11.5 Å². The first-order valence-electron chi connectivity index (χ1n) is 9.89. The van der Waals surface area contributed by atoms with Crippen LogP contribution in [0, 0.1) is 0 Å². The van der Waals surface area contributed by atoms with Gasteiger partial charge >= 0.3 is 0 Å². The Balaban J connectivity index is 0.00000272. The lowest BCUT2D eigenvalue weighted by molar-refractivity contribution is 0.284. The van der Waals surface area contributed by atoms with Crippen LogP contribution in [-0.4, -0.2) is 23.6 Å². The summed E-state index contributed by atoms with van der Waals surface area (Å²) >= 11 is 5.82. The Hall–Kier alpha value is -2.73. The van der Waals surface area contributed by atoms with Gasteiger partial charge in [-0.15, -0.1) is 12.4 Å². The third kappa shape index (κ3) is 5.91. The van der Waals surface area contributed by atoms with Crippen molar-refractivity contribution in [1.29, 1.82) is 0 Å². The van der Waals surface area contributed by atoms with E-state index in [1.165, 1.54) is 16.5 Å². The Morgan fingerprint density at radius 1 is 1.03 bits per heavy atom. The molecule has 2 N–H and O–H groups in total. The number of methoxy groups -OCH3 is 1. The maximum Gasteiger partial charge on any atom is 0.161 e. The Kier molecular flexibility index (Phi) is 8.18. The van der Waals surface area contributed by atoms with E-state index in [9.17, 15) is 0 Å². The third-order valence-corrected chi connectivity index (χ3v) is 5.21. The molecule has 2 aromatic carbocycles. The zero-order chi connectivity index (χ0) is 20.8. The zero-order valence-electron chi connectivity index (χ0n) is 17.2. The molecule has 7 heteroatoms. The average Bonchev–Trinajstić information content (AvgIpc) is 3.20. The van der Waals surface area contributed by atoms with E-state index in [0.717, 1.165) is 30.6 Å². The molecule has 4 rings (SSSR count). The van der Waals surface area contributed by atoms with E-state index in [1.54, 1.807) is 19.4 Å². The molecule has 0 atom stereocenters. The highest BCUT2D eigenvalue weighted by Gasteiger charge is 2.07. The number of H-pyrrole nitrogens is 1. The van der Waals surface area contributed by atoms with E-state index in [2.05, 4.69) is 45.7 Å². The van der Waals surface area contributed by atoms with Crippen LogP contribution in [0.4, 0.5) is 0 Å². The summed E-state index contributed by atoms with van der Waals surface area (Å²) in [5, 5.41) is 5.27. The maximum atomic E-state index is 5.89. The predicted octanol–water partition coefficient (Wildman–Crippen LogP) is 5.56. The Bertz CT molecular complexity index is 1110. The first kappa shape index (κ1) is 22.9. The molecule has 0 aliphatic rings. The fourth-order valence-electron chi connectivity index (χ4n) is 3.39. The minimum Gasteiger partial charge on any atom is -0.493 e. The largest absolute Gasteiger partial charge is 0.493 e. The molecule has 0 aliphatic carbocycles. The average molecular weight is 458 g/mol. The van der Waals surface area contributed by atoms with E-state index < -0.39 is 0 Å². The molecule has 162 valence electrons. The number of halogens is 2. The van der Waals surface area contributed by atoms with E-state index in [0.29, 0.717) is 23.3 Å². The van der Waals surface area contributed by atoms with Crippen molar-refractivity contribution in [3.05, 3.63) is 88.8 Å². The number of fused-ring (bicyclic) bond motifs is 1. The molecule has 0 bridgehead atoms. The minimum absolute atomic E-state index is 0. The molecular weight excluding hydrogens is 433 g/mol. The normalized spacial score (nSPS) is 10.6. The molecule has 0 amide bonds. The lowest BCUT2D eigenvalue weighted by atomic mass is 10.1. The molecule has 5 nitrogen and oxygen atoms in total. The van der Waals surface area contributed by atoms with Crippen LogP contribution in [-0.2, 0) is 19.6 Å². The highest BCUT2D eigenvalue weighted by Crippen LogP contribution is 2.29. The van der Waals surface area contributed by atoms with Gasteiger partial charge in [0.05, 0.1) is 7.11 Å². The first-order chi connectivity index (χ1) is 14.7. The number of aromatic nitrogens is 2. The zero-order valence-corrected chi connectivity index (χ0v) is 18.8. The second-order valence-electron chi connectivity index (χ2n) is 7.05. The minimum atomic E-state index is 0. The number of para-hydroxylation sites is 1. The highest BCUT2D eigenvalue weighted by atomic mass is 35.5. The Morgan fingerprint density at radius 2 is 1.87 bits per heavy atom. The van der Waals surface area contributed by atoms with Gasteiger partial charge in [0.15, 0.2) is 11.5 Å². The topological polar surface area (TPSA) is 59.2 Å². The molecule has 2 heterocycles. The van der Waals surface area contributed by atoms with Gasteiger partial charge in [0.2, 0.25) is 0 Å². The second-order valence-corrected chi connectivity index (χ2v) is 7.44. The number of hydrogen-bond donors (Lipinski definition) is 2. The van der Waals surface area contributed by atoms with Crippen LogP contribution in [0.1, 0.15) is 16.7 Å². The number of nitrogens with one attached hydrogen (secondary N) is 2. The van der Waals surface area contributed by atoms with Crippen LogP contribution in [0.3, 0.4) is 0 Å². The van der Waals surface area contributed by atoms with Crippen molar-refractivity contribution in [2.45, 2.75) is 19.6 Å². The number of hydrogen-bond acceptors (Lipinski definition) is 4. The number of rotatable bonds is 9. The van der Waals surface area contributed by atoms with E-state index in [-0.39, 0.29) is 12.4 Å². The molecule has 0 aliphatic heterocycles. The van der Waals surface area contributed by atoms with Crippen LogP contribution in [0.15, 0.2) is 67.0 Å². The van der Waals surface area contributed by atoms with E-state index in [4.69, 9.17) is 21.1 Å². The van der Waals surface area contributed by atoms with Crippen molar-refractivity contribution < 1.29 is 9.47 Å². The van der Waals surface area contributed by atoms with Gasteiger partial charge in [-0.1, -0.05) is 41.9 Å². The first-order valence-corrected chi connectivity index (χ1v) is 10.3. The van der Waals surface area contributed by atoms with Gasteiger partial charge in [-0.25, -0.2) is 4.98 Å². The highest BCUT2D eigenvalue weighted by molar-refractivity contribution is 6.29. The number of nitrogens with zero attached hydrogens (tertiary/aromatic N) is 1. The van der Waals surface area contributed by atoms with Crippen molar-refractivity contribution in [2.24, 2.45) is 0 Å². The SMILES string of the molecule is COc1cc(CNCCc2c[nH]c3ccccc23)ccc1OCc1ccc(Cl)nc1.Cl. The van der Waals surface area contributed by atoms with Gasteiger partial charge in [0.25, 0.3) is 0 Å². The molecule has 0 spiro atoms. The Labute approximate surface area is 193 Å². The summed E-state index contributed by atoms with van der Waals surface area (Å²) in [5.74, 6) is 1.42. The van der Waals surface area contributed by atoms with Crippen LogP contribution >= 0.6 is 24.0 Å². The molecule has 0 saturated carbocycles. The van der Waals surface area contributed by atoms with Crippen molar-refractivity contribution in [3.8, 4) is 11.5 Å². The predicted molar refractivity (Wildman–Crippen MR) is 128 cm³/mol. The standard InChI is InChI=1S/C24H24ClN3O2.ClH/c1-29-23-12-17(6-8-22(23)30-16-18-7-9-24(25)28-14-18)13-26-11-10-19-15-27-21-5-3-2-4-20(19)21;/h2-9,12,14-15,26-27H,10-11,13,16H2,1H3;1H. The molecule has 0 unspecified atom stereocenters. The number of pyridine rings is 1. The smallest absolute Gasteiger partial charge is 0.161 e. The molecule has 0 fully saturated rings. The monoisotopic (exact) mass is 457 g/mol. The fraction of sp³-hybridized carbons (Fsp3) is 0.208. The third-order valence-electron chi connectivity index (χ3n) is 4.99. The fourth-order valence-corrected chi connectivity index (χ4v) is 3.50. The summed E-state index contributed by atoms with van der Waals surface area (Å²) in [5.41, 5.74) is 4.61. The van der Waals surface area contributed by atoms with Gasteiger partial charge < -0.3 is 19.8 Å². The summed E-state index contributed by atoms with van der Waals surface area (Å²) in [7, 11) is 1.65. The molecular formula is C24H25Cl2N3O2. The summed E-state index contributed by atoms with van der Waals surface area (Å²) < 4.78 is 11.4. The number of aromatic amines is 1. The number of ether oxygens (including phenoxy) is 2. The maximum absolute atomic E-state index is 5.89. The van der Waals surface area contributed by atoms with Crippen molar-refractivity contribution in [3.63, 3.8) is 0 Å². The van der Waals surface area contributed by atoms with Gasteiger partial charge in [-0.3, -0.25) is 0 Å². The van der Waals surface area contributed by atoms with Crippen molar-refractivity contribution >= 4 is 34.9 Å². The quantitative estimate of drug-likeness (QED) is 0.255. The number of benzene rings is 2. The summed E-state index contributed by atoms with van der Waals surface area (Å²) in [6.07, 6.45) is 4.77. The summed E-state index contributed by atoms with van der Waals surface area (Å²) in [6, 6.07) is 18.0. The van der Waals surface area contributed by atoms with Crippen molar-refractivity contribution in [2.75, 3.05) is 13.7 Å². The Morgan fingerprint density at radius 3 is 2.68 bits per heavy atom. The molecule has 0 radical (unpaired) electrons. The van der Waals surface area contributed by atoms with E-state index >= 15 is 0 Å². The van der Waals surface area contributed by atoms with Gasteiger partial charge in [-0.05, 0) is 48.4 Å². The lowest BCUT2D eigenvalue weighted by Gasteiger charge is -2.13. The molecule has 4 aromatic rings.